The number of pyridine rings is 1. The number of aromatic nitrogens is 1. The lowest BCUT2D eigenvalue weighted by Crippen LogP contribution is -1.83. The van der Waals surface area contributed by atoms with Gasteiger partial charge >= 0.3 is 0 Å². The van der Waals surface area contributed by atoms with Crippen LogP contribution in [0.25, 0.3) is 0 Å². The van der Waals surface area contributed by atoms with Gasteiger partial charge in [-0.25, -0.2) is 4.39 Å². The van der Waals surface area contributed by atoms with E-state index in [0.717, 1.165) is 0 Å². The molecule has 0 bridgehead atoms. The van der Waals surface area contributed by atoms with Gasteiger partial charge < -0.3 is 0 Å². The van der Waals surface area contributed by atoms with Crippen LogP contribution in [0.2, 0.25) is 0 Å². The average Bonchev–Trinajstić information content (AvgIpc) is 1.83. The lowest BCUT2D eigenvalue weighted by molar-refractivity contribution is 0.610. The summed E-state index contributed by atoms with van der Waals surface area (Å²) in [4.78, 5) is 3.75. The van der Waals surface area contributed by atoms with Crippen molar-refractivity contribution < 1.29 is 4.39 Å². The fourth-order valence-electron chi connectivity index (χ4n) is 0.396. The van der Waals surface area contributed by atoms with Gasteiger partial charge in [0.1, 0.15) is 0 Å². The van der Waals surface area contributed by atoms with Crippen LogP contribution in [0.1, 0.15) is 0 Å². The van der Waals surface area contributed by atoms with E-state index in [-0.39, 0.29) is 5.82 Å². The van der Waals surface area contributed by atoms with Gasteiger partial charge in [0.25, 0.3) is 0 Å². The number of rotatable bonds is 0. The van der Waals surface area contributed by atoms with Crippen LogP contribution < -0.4 is 0 Å². The highest BCUT2D eigenvalue weighted by molar-refractivity contribution is 14.1. The van der Waals surface area contributed by atoms with Crippen molar-refractivity contribution in [1.29, 1.82) is 0 Å². The molecule has 0 fully saturated rings. The van der Waals surface area contributed by atoms with E-state index in [2.05, 4.69) is 20.9 Å². The third-order valence-corrected chi connectivity index (χ3v) is 2.10. The minimum Gasteiger partial charge on any atom is -0.262 e. The summed E-state index contributed by atoms with van der Waals surface area (Å²) in [7, 11) is 0. The summed E-state index contributed by atoms with van der Waals surface area (Å²) in [6.07, 6.45) is 2.90. The molecule has 0 aliphatic heterocycles. The molecule has 0 N–H and O–H groups in total. The maximum absolute atomic E-state index is 12.6. The fourth-order valence-corrected chi connectivity index (χ4v) is 1.55. The standard InChI is InChI=1S/C5H2BrFIN/c6-3-1-9-2-4(8)5(3)7/h1-2H. The first-order valence-electron chi connectivity index (χ1n) is 2.16. The number of hydrogen-bond acceptors (Lipinski definition) is 1. The molecule has 0 aliphatic carbocycles. The van der Waals surface area contributed by atoms with Crippen LogP contribution in [0.3, 0.4) is 0 Å². The van der Waals surface area contributed by atoms with Gasteiger partial charge in [-0.2, -0.15) is 0 Å². The minimum absolute atomic E-state index is 0.245. The predicted molar refractivity (Wildman–Crippen MR) is 44.6 cm³/mol. The molecular formula is C5H2BrFIN. The molecule has 0 saturated heterocycles. The summed E-state index contributed by atoms with van der Waals surface area (Å²) in [6.45, 7) is 0. The second kappa shape index (κ2) is 2.92. The Kier molecular flexibility index (Phi) is 2.40. The molecule has 1 heterocycles. The van der Waals surface area contributed by atoms with Crippen LogP contribution in [0.4, 0.5) is 4.39 Å². The van der Waals surface area contributed by atoms with Crippen LogP contribution >= 0.6 is 38.5 Å². The normalized spacial score (nSPS) is 9.67. The highest BCUT2D eigenvalue weighted by Crippen LogP contribution is 2.17. The number of nitrogens with zero attached hydrogens (tertiary/aromatic N) is 1. The molecule has 1 nitrogen and oxygen atoms in total. The van der Waals surface area contributed by atoms with Crippen LogP contribution in [0, 0.1) is 9.39 Å². The molecule has 0 amide bonds. The summed E-state index contributed by atoms with van der Waals surface area (Å²) < 4.78 is 13.6. The third kappa shape index (κ3) is 1.61. The quantitative estimate of drug-likeness (QED) is 0.671. The first kappa shape index (κ1) is 7.40. The lowest BCUT2D eigenvalue weighted by atomic mass is 10.5. The van der Waals surface area contributed by atoms with Crippen LogP contribution in [-0.4, -0.2) is 4.98 Å². The SMILES string of the molecule is Fc1c(Br)cncc1I. The van der Waals surface area contributed by atoms with Gasteiger partial charge in [-0.1, -0.05) is 0 Å². The van der Waals surface area contributed by atoms with Gasteiger partial charge in [0.15, 0.2) is 5.82 Å². The Morgan fingerprint density at radius 1 is 1.56 bits per heavy atom. The summed E-state index contributed by atoms with van der Waals surface area (Å²) in [5, 5.41) is 0. The Bertz CT molecular complexity index is 208. The van der Waals surface area contributed by atoms with Crippen molar-refractivity contribution in [2.75, 3.05) is 0 Å². The Morgan fingerprint density at radius 3 is 2.67 bits per heavy atom. The summed E-state index contributed by atoms with van der Waals surface area (Å²) in [5.74, 6) is -0.245. The molecule has 0 atom stereocenters. The van der Waals surface area contributed by atoms with Crippen molar-refractivity contribution in [2.24, 2.45) is 0 Å². The molecule has 1 aromatic heterocycles. The monoisotopic (exact) mass is 301 g/mol. The molecule has 9 heavy (non-hydrogen) atoms. The second-order valence-electron chi connectivity index (χ2n) is 1.42. The molecule has 0 saturated carbocycles. The molecule has 0 spiro atoms. The maximum Gasteiger partial charge on any atom is 0.153 e. The van der Waals surface area contributed by atoms with E-state index in [1.807, 2.05) is 22.6 Å². The zero-order valence-electron chi connectivity index (χ0n) is 4.24. The summed E-state index contributed by atoms with van der Waals surface area (Å²) >= 11 is 4.89. The summed E-state index contributed by atoms with van der Waals surface area (Å²) in [5.41, 5.74) is 0. The highest BCUT2D eigenvalue weighted by Gasteiger charge is 2.01. The summed E-state index contributed by atoms with van der Waals surface area (Å²) in [6, 6.07) is 0. The van der Waals surface area contributed by atoms with E-state index in [9.17, 15) is 4.39 Å². The van der Waals surface area contributed by atoms with E-state index in [1.165, 1.54) is 12.4 Å². The number of hydrogen-bond donors (Lipinski definition) is 0. The molecule has 1 rings (SSSR count). The van der Waals surface area contributed by atoms with E-state index in [1.54, 1.807) is 0 Å². The van der Waals surface area contributed by atoms with E-state index in [0.29, 0.717) is 8.04 Å². The Hall–Kier alpha value is 0.290. The van der Waals surface area contributed by atoms with E-state index in [4.69, 9.17) is 0 Å². The largest absolute Gasteiger partial charge is 0.262 e. The van der Waals surface area contributed by atoms with Crippen molar-refractivity contribution in [2.45, 2.75) is 0 Å². The first-order valence-corrected chi connectivity index (χ1v) is 4.03. The van der Waals surface area contributed by atoms with Crippen molar-refractivity contribution in [1.82, 2.24) is 4.98 Å². The predicted octanol–water partition coefficient (Wildman–Crippen LogP) is 2.59. The topological polar surface area (TPSA) is 12.9 Å². The smallest absolute Gasteiger partial charge is 0.153 e. The van der Waals surface area contributed by atoms with Crippen molar-refractivity contribution in [3.63, 3.8) is 0 Å². The number of halogens is 3. The Morgan fingerprint density at radius 2 is 2.22 bits per heavy atom. The molecule has 48 valence electrons. The highest BCUT2D eigenvalue weighted by atomic mass is 127. The molecule has 0 unspecified atom stereocenters. The molecular weight excluding hydrogens is 300 g/mol. The first-order chi connectivity index (χ1) is 4.22. The van der Waals surface area contributed by atoms with Gasteiger partial charge in [-0.3, -0.25) is 4.98 Å². The van der Waals surface area contributed by atoms with Gasteiger partial charge in [-0.15, -0.1) is 0 Å². The minimum atomic E-state index is -0.245. The molecule has 1 aromatic rings. The second-order valence-corrected chi connectivity index (χ2v) is 3.43. The Labute approximate surface area is 73.9 Å². The van der Waals surface area contributed by atoms with Gasteiger partial charge in [-0.05, 0) is 38.5 Å². The van der Waals surface area contributed by atoms with Gasteiger partial charge in [0.2, 0.25) is 0 Å². The van der Waals surface area contributed by atoms with Crippen molar-refractivity contribution >= 4 is 38.5 Å². The molecule has 0 radical (unpaired) electrons. The maximum atomic E-state index is 12.6. The average molecular weight is 302 g/mol. The van der Waals surface area contributed by atoms with E-state index < -0.39 is 0 Å². The van der Waals surface area contributed by atoms with Crippen LogP contribution in [0.15, 0.2) is 16.9 Å². The van der Waals surface area contributed by atoms with Gasteiger partial charge in [0.05, 0.1) is 8.04 Å². The van der Waals surface area contributed by atoms with Crippen molar-refractivity contribution in [3.8, 4) is 0 Å². The molecule has 0 aliphatic rings. The molecule has 4 heteroatoms. The fraction of sp³-hybridized carbons (Fsp3) is 0. The van der Waals surface area contributed by atoms with Crippen molar-refractivity contribution in [3.05, 3.63) is 26.3 Å². The zero-order chi connectivity index (χ0) is 6.85. The Balaban J connectivity index is 3.25. The zero-order valence-corrected chi connectivity index (χ0v) is 7.98. The van der Waals surface area contributed by atoms with Crippen LogP contribution in [0.5, 0.6) is 0 Å². The van der Waals surface area contributed by atoms with Crippen LogP contribution in [-0.2, 0) is 0 Å². The third-order valence-electron chi connectivity index (χ3n) is 0.795. The van der Waals surface area contributed by atoms with E-state index >= 15 is 0 Å². The van der Waals surface area contributed by atoms with Gasteiger partial charge in [0, 0.05) is 12.4 Å². The molecule has 0 aromatic carbocycles. The lowest BCUT2D eigenvalue weighted by Gasteiger charge is -1.92.